The summed E-state index contributed by atoms with van der Waals surface area (Å²) < 4.78 is 25.6. The lowest BCUT2D eigenvalue weighted by molar-refractivity contribution is 0.102. The lowest BCUT2D eigenvalue weighted by Crippen LogP contribution is -2.17. The minimum atomic E-state index is -0.900. The molecule has 1 aromatic carbocycles. The Hall–Kier alpha value is -3.33. The highest BCUT2D eigenvalue weighted by atomic mass is 19.1. The van der Waals surface area contributed by atoms with Crippen molar-refractivity contribution in [2.45, 2.75) is 37.6 Å². The van der Waals surface area contributed by atoms with E-state index in [-0.39, 0.29) is 24.0 Å². The van der Waals surface area contributed by atoms with E-state index in [1.54, 1.807) is 16.8 Å². The minimum Gasteiger partial charge on any atom is -0.357 e. The van der Waals surface area contributed by atoms with E-state index in [9.17, 15) is 9.18 Å². The number of aryl methyl sites for hydroxylation is 1. The molecule has 2 aromatic heterocycles. The molecule has 0 bridgehead atoms. The van der Waals surface area contributed by atoms with E-state index in [0.29, 0.717) is 35.1 Å². The first-order chi connectivity index (χ1) is 14.1. The molecule has 8 nitrogen and oxygen atoms in total. The largest absolute Gasteiger partial charge is 0.357 e. The maximum Gasteiger partial charge on any atom is 0.274 e. The number of carbonyl (C=O) groups excluding carboxylic acids is 1. The first-order valence-electron chi connectivity index (χ1n) is 9.39. The number of epoxide rings is 1. The van der Waals surface area contributed by atoms with Crippen LogP contribution in [0.3, 0.4) is 0 Å². The number of halogens is 1. The summed E-state index contributed by atoms with van der Waals surface area (Å²) in [5.74, 6) is 0.851. The predicted molar refractivity (Wildman–Crippen MR) is 99.8 cm³/mol. The average Bonchev–Trinajstić information content (AvgIpc) is 3.54. The van der Waals surface area contributed by atoms with Crippen LogP contribution in [0, 0.1) is 6.92 Å². The zero-order valence-corrected chi connectivity index (χ0v) is 15.4. The average molecular weight is 393 g/mol. The summed E-state index contributed by atoms with van der Waals surface area (Å²) in [6.07, 6.45) is 4.81. The molecular formula is C20H16FN5O3. The molecule has 0 unspecified atom stereocenters. The summed E-state index contributed by atoms with van der Waals surface area (Å²) in [6.45, 7) is 1.90. The second-order valence-electron chi connectivity index (χ2n) is 7.53. The molecule has 1 saturated carbocycles. The fourth-order valence-corrected chi connectivity index (χ4v) is 3.56. The van der Waals surface area contributed by atoms with Gasteiger partial charge in [-0.05, 0) is 31.1 Å². The van der Waals surface area contributed by atoms with E-state index in [4.69, 9.17) is 9.26 Å². The number of benzene rings is 1. The van der Waals surface area contributed by atoms with Gasteiger partial charge in [0.15, 0.2) is 0 Å². The van der Waals surface area contributed by atoms with Crippen LogP contribution < -0.4 is 5.32 Å². The Kier molecular flexibility index (Phi) is 3.34. The van der Waals surface area contributed by atoms with E-state index in [0.717, 1.165) is 11.4 Å². The van der Waals surface area contributed by atoms with Crippen molar-refractivity contribution < 1.29 is 18.4 Å². The van der Waals surface area contributed by atoms with Gasteiger partial charge in [0.2, 0.25) is 11.7 Å². The molecule has 9 heteroatoms. The molecule has 29 heavy (non-hydrogen) atoms. The molecular weight excluding hydrogens is 377 g/mol. The van der Waals surface area contributed by atoms with Crippen molar-refractivity contribution in [3.8, 4) is 11.4 Å². The second-order valence-corrected chi connectivity index (χ2v) is 7.53. The zero-order valence-electron chi connectivity index (χ0n) is 15.4. The van der Waals surface area contributed by atoms with Crippen molar-refractivity contribution in [1.29, 1.82) is 0 Å². The Morgan fingerprint density at radius 2 is 2.24 bits per heavy atom. The highest BCUT2D eigenvalue weighted by Gasteiger charge is 2.45. The number of fused-ring (bicyclic) bond motifs is 3. The molecule has 146 valence electrons. The lowest BCUT2D eigenvalue weighted by Gasteiger charge is -2.11. The number of nitrogens with zero attached hydrogens (tertiary/aromatic N) is 4. The summed E-state index contributed by atoms with van der Waals surface area (Å²) in [5, 5.41) is 6.88. The molecule has 1 N–H and O–H groups in total. The number of imidazole rings is 1. The van der Waals surface area contributed by atoms with Crippen LogP contribution in [0.1, 0.15) is 46.2 Å². The van der Waals surface area contributed by atoms with Gasteiger partial charge in [-0.3, -0.25) is 9.36 Å². The van der Waals surface area contributed by atoms with Crippen molar-refractivity contribution >= 4 is 17.8 Å². The predicted octanol–water partition coefficient (Wildman–Crippen LogP) is 3.24. The third kappa shape index (κ3) is 2.69. The van der Waals surface area contributed by atoms with E-state index >= 15 is 0 Å². The number of anilines is 1. The van der Waals surface area contributed by atoms with Crippen molar-refractivity contribution in [3.05, 3.63) is 53.4 Å². The molecule has 1 aliphatic carbocycles. The van der Waals surface area contributed by atoms with Gasteiger partial charge >= 0.3 is 0 Å². The van der Waals surface area contributed by atoms with Gasteiger partial charge in [0.25, 0.3) is 5.91 Å². The molecule has 3 aliphatic rings. The normalized spacial score (nSPS) is 26.0. The quantitative estimate of drug-likeness (QED) is 0.684. The standard InChI is InChI=1S/C20H16FN5O3/c1-9-2-3-10(17-24-20(29-25-17)11-7-12(11)21)6-13(9)23-19(27)14-8-22-18-16-15(28-16)4-5-26(14)18/h2-6,8,11-12,15-16H,7H2,1H3,(H,23,27)/t11-,12-,15+,16+/m0/s1. The Bertz CT molecular complexity index is 1180. The third-order valence-corrected chi connectivity index (χ3v) is 5.48. The minimum absolute atomic E-state index is 0.0607. The number of rotatable bonds is 4. The van der Waals surface area contributed by atoms with Gasteiger partial charge in [0.05, 0.1) is 12.1 Å². The number of nitrogens with one attached hydrogen (secondary N) is 1. The van der Waals surface area contributed by atoms with Crippen molar-refractivity contribution in [1.82, 2.24) is 19.7 Å². The summed E-state index contributed by atoms with van der Waals surface area (Å²) in [6, 6.07) is 5.49. The molecule has 1 amide bonds. The number of ether oxygens (including phenoxy) is 1. The number of carbonyl (C=O) groups is 1. The van der Waals surface area contributed by atoms with E-state index < -0.39 is 6.17 Å². The van der Waals surface area contributed by atoms with Crippen LogP contribution in [-0.2, 0) is 4.74 Å². The molecule has 4 heterocycles. The summed E-state index contributed by atoms with van der Waals surface area (Å²) in [4.78, 5) is 21.5. The summed E-state index contributed by atoms with van der Waals surface area (Å²) >= 11 is 0. The van der Waals surface area contributed by atoms with Gasteiger partial charge in [0, 0.05) is 17.5 Å². The van der Waals surface area contributed by atoms with Crippen LogP contribution in [0.2, 0.25) is 0 Å². The van der Waals surface area contributed by atoms with Crippen LogP contribution in [0.4, 0.5) is 10.1 Å². The Morgan fingerprint density at radius 3 is 3.07 bits per heavy atom. The summed E-state index contributed by atoms with van der Waals surface area (Å²) in [7, 11) is 0. The first kappa shape index (κ1) is 16.6. The first-order valence-corrected chi connectivity index (χ1v) is 9.39. The Morgan fingerprint density at radius 1 is 1.38 bits per heavy atom. The fourth-order valence-electron chi connectivity index (χ4n) is 3.56. The molecule has 4 atom stereocenters. The lowest BCUT2D eigenvalue weighted by atomic mass is 10.1. The zero-order chi connectivity index (χ0) is 19.7. The highest BCUT2D eigenvalue weighted by molar-refractivity contribution is 6.04. The van der Waals surface area contributed by atoms with Crippen LogP contribution in [-0.4, -0.2) is 37.9 Å². The van der Waals surface area contributed by atoms with Crippen LogP contribution >= 0.6 is 0 Å². The van der Waals surface area contributed by atoms with Crippen molar-refractivity contribution in [2.24, 2.45) is 0 Å². The molecule has 1 saturated heterocycles. The molecule has 0 spiro atoms. The molecule has 6 rings (SSSR count). The fraction of sp³-hybridized carbons (Fsp3) is 0.300. The van der Waals surface area contributed by atoms with Gasteiger partial charge in [-0.1, -0.05) is 17.3 Å². The summed E-state index contributed by atoms with van der Waals surface area (Å²) in [5.41, 5.74) is 2.63. The number of hydrogen-bond donors (Lipinski definition) is 1. The Labute approximate surface area is 164 Å². The van der Waals surface area contributed by atoms with Crippen LogP contribution in [0.5, 0.6) is 0 Å². The SMILES string of the molecule is Cc1ccc(-c2noc([C@H]3C[C@@H]3F)n2)cc1NC(=O)c1cnc2n1C=C[C@H]1O[C@@H]21. The number of amides is 1. The molecule has 0 radical (unpaired) electrons. The smallest absolute Gasteiger partial charge is 0.274 e. The third-order valence-electron chi connectivity index (χ3n) is 5.48. The van der Waals surface area contributed by atoms with Gasteiger partial charge in [-0.25, -0.2) is 9.37 Å². The van der Waals surface area contributed by atoms with E-state index in [1.165, 1.54) is 0 Å². The van der Waals surface area contributed by atoms with Crippen LogP contribution in [0.15, 0.2) is 35.0 Å². The van der Waals surface area contributed by atoms with E-state index in [2.05, 4.69) is 20.4 Å². The molecule has 3 aromatic rings. The van der Waals surface area contributed by atoms with Gasteiger partial charge < -0.3 is 14.6 Å². The maximum absolute atomic E-state index is 13.2. The highest BCUT2D eigenvalue weighted by Crippen LogP contribution is 2.43. The van der Waals surface area contributed by atoms with Crippen LogP contribution in [0.25, 0.3) is 17.6 Å². The van der Waals surface area contributed by atoms with Gasteiger partial charge in [-0.15, -0.1) is 0 Å². The molecule has 2 fully saturated rings. The Balaban J connectivity index is 1.27. The number of hydrogen-bond acceptors (Lipinski definition) is 6. The topological polar surface area (TPSA) is 98.4 Å². The van der Waals surface area contributed by atoms with Crippen molar-refractivity contribution in [2.75, 3.05) is 5.32 Å². The number of aromatic nitrogens is 4. The van der Waals surface area contributed by atoms with Crippen molar-refractivity contribution in [3.63, 3.8) is 0 Å². The monoisotopic (exact) mass is 393 g/mol. The van der Waals surface area contributed by atoms with Gasteiger partial charge in [-0.2, -0.15) is 4.98 Å². The second kappa shape index (κ2) is 5.84. The molecule has 2 aliphatic heterocycles. The van der Waals surface area contributed by atoms with E-state index in [1.807, 2.05) is 31.3 Å². The maximum atomic E-state index is 13.2. The number of alkyl halides is 1. The van der Waals surface area contributed by atoms with Gasteiger partial charge in [0.1, 0.15) is 29.9 Å².